The molecule has 0 aliphatic heterocycles. The first-order valence-electron chi connectivity index (χ1n) is 4.74. The molecule has 2 N–H and O–H groups in total. The van der Waals surface area contributed by atoms with Crippen LogP contribution in [0.4, 0.5) is 5.69 Å². The van der Waals surface area contributed by atoms with Crippen LogP contribution in [0.2, 0.25) is 5.02 Å². The van der Waals surface area contributed by atoms with Gasteiger partial charge in [0, 0.05) is 11.2 Å². The third-order valence-electron chi connectivity index (χ3n) is 2.13. The normalized spacial score (nSPS) is 10.9. The van der Waals surface area contributed by atoms with Crippen LogP contribution in [0.25, 0.3) is 0 Å². The number of halogens is 1. The maximum absolute atomic E-state index is 11.9. The number of rotatable bonds is 3. The number of nitrogens with zero attached hydrogens (tertiary/aromatic N) is 2. The molecule has 0 radical (unpaired) electrons. The molecule has 1 heterocycles. The Bertz CT molecular complexity index is 704. The lowest BCUT2D eigenvalue weighted by atomic mass is 10.2. The largest absolute Gasteiger partial charge is 0.284 e. The highest BCUT2D eigenvalue weighted by molar-refractivity contribution is 7.92. The summed E-state index contributed by atoms with van der Waals surface area (Å²) in [7, 11) is -3.77. The Morgan fingerprint density at radius 2 is 2.22 bits per heavy atom. The highest BCUT2D eigenvalue weighted by Gasteiger charge is 2.17. The fraction of sp³-hybridized carbons (Fsp3) is 0. The van der Waals surface area contributed by atoms with Gasteiger partial charge in [0.2, 0.25) is 0 Å². The second-order valence-corrected chi connectivity index (χ2v) is 5.46. The van der Waals surface area contributed by atoms with Crippen molar-refractivity contribution in [2.75, 3.05) is 4.72 Å². The van der Waals surface area contributed by atoms with Gasteiger partial charge in [-0.25, -0.2) is 8.42 Å². The monoisotopic (exact) mass is 282 g/mol. The van der Waals surface area contributed by atoms with Crippen molar-refractivity contribution in [1.82, 2.24) is 10.2 Å². The predicted octanol–water partition coefficient (Wildman–Crippen LogP) is 1.74. The third kappa shape index (κ3) is 2.45. The molecule has 92 valence electrons. The minimum Gasteiger partial charge on any atom is -0.284 e. The lowest BCUT2D eigenvalue weighted by molar-refractivity contribution is 0.601. The van der Waals surface area contributed by atoms with E-state index >= 15 is 0 Å². The Labute approximate surface area is 108 Å². The van der Waals surface area contributed by atoms with E-state index in [-0.39, 0.29) is 16.1 Å². The van der Waals surface area contributed by atoms with Gasteiger partial charge in [0.15, 0.2) is 0 Å². The van der Waals surface area contributed by atoms with E-state index in [1.807, 2.05) is 6.07 Å². The van der Waals surface area contributed by atoms with Gasteiger partial charge < -0.3 is 0 Å². The maximum Gasteiger partial charge on any atom is 0.265 e. The summed E-state index contributed by atoms with van der Waals surface area (Å²) in [6, 6.07) is 6.20. The molecule has 18 heavy (non-hydrogen) atoms. The smallest absolute Gasteiger partial charge is 0.265 e. The molecule has 0 saturated carbocycles. The van der Waals surface area contributed by atoms with Crippen molar-refractivity contribution < 1.29 is 8.42 Å². The van der Waals surface area contributed by atoms with E-state index in [0.717, 1.165) is 0 Å². The number of sulfonamides is 1. The van der Waals surface area contributed by atoms with Gasteiger partial charge >= 0.3 is 0 Å². The molecule has 0 saturated heterocycles. The van der Waals surface area contributed by atoms with Crippen molar-refractivity contribution >= 4 is 27.3 Å². The lowest BCUT2D eigenvalue weighted by Gasteiger charge is -2.07. The van der Waals surface area contributed by atoms with Gasteiger partial charge in [0.05, 0.1) is 17.4 Å². The van der Waals surface area contributed by atoms with E-state index in [0.29, 0.717) is 5.02 Å². The first kappa shape index (κ1) is 12.4. The summed E-state index contributed by atoms with van der Waals surface area (Å²) in [4.78, 5) is -0.0219. The number of H-pyrrole nitrogens is 1. The third-order valence-corrected chi connectivity index (χ3v) is 3.70. The van der Waals surface area contributed by atoms with Crippen LogP contribution in [-0.2, 0) is 10.0 Å². The lowest BCUT2D eigenvalue weighted by Crippen LogP contribution is -2.13. The second-order valence-electron chi connectivity index (χ2n) is 3.34. The van der Waals surface area contributed by atoms with E-state index in [1.165, 1.54) is 30.6 Å². The molecule has 0 amide bonds. The number of hydrogen-bond acceptors (Lipinski definition) is 4. The van der Waals surface area contributed by atoms with Crippen LogP contribution >= 0.6 is 11.6 Å². The number of aromatic nitrogens is 2. The number of aromatic amines is 1. The molecule has 1 aromatic carbocycles. The molecule has 2 aromatic rings. The topological polar surface area (TPSA) is 98.6 Å². The van der Waals surface area contributed by atoms with Crippen molar-refractivity contribution in [1.29, 1.82) is 5.26 Å². The molecule has 0 spiro atoms. The molecule has 0 aliphatic carbocycles. The van der Waals surface area contributed by atoms with Crippen molar-refractivity contribution in [3.63, 3.8) is 0 Å². The predicted molar refractivity (Wildman–Crippen MR) is 65.6 cm³/mol. The highest BCUT2D eigenvalue weighted by atomic mass is 35.5. The Morgan fingerprint density at radius 1 is 1.44 bits per heavy atom. The van der Waals surface area contributed by atoms with Gasteiger partial charge in [0.25, 0.3) is 10.0 Å². The Morgan fingerprint density at radius 3 is 2.83 bits per heavy atom. The van der Waals surface area contributed by atoms with Gasteiger partial charge in [-0.3, -0.25) is 9.82 Å². The highest BCUT2D eigenvalue weighted by Crippen LogP contribution is 2.23. The number of nitriles is 1. The first-order valence-corrected chi connectivity index (χ1v) is 6.60. The van der Waals surface area contributed by atoms with Gasteiger partial charge in [-0.1, -0.05) is 11.6 Å². The van der Waals surface area contributed by atoms with Crippen LogP contribution in [0.3, 0.4) is 0 Å². The van der Waals surface area contributed by atoms with Crippen molar-refractivity contribution in [2.24, 2.45) is 0 Å². The summed E-state index contributed by atoms with van der Waals surface area (Å²) in [6.45, 7) is 0. The van der Waals surface area contributed by atoms with Crippen LogP contribution in [0, 0.1) is 11.3 Å². The van der Waals surface area contributed by atoms with E-state index in [1.54, 1.807) is 0 Å². The summed E-state index contributed by atoms with van der Waals surface area (Å²) in [5, 5.41) is 15.2. The van der Waals surface area contributed by atoms with E-state index in [4.69, 9.17) is 16.9 Å². The quantitative estimate of drug-likeness (QED) is 0.895. The van der Waals surface area contributed by atoms with Crippen molar-refractivity contribution in [3.8, 4) is 6.07 Å². The first-order chi connectivity index (χ1) is 8.53. The zero-order chi connectivity index (χ0) is 13.2. The molecule has 0 fully saturated rings. The molecule has 8 heteroatoms. The molecule has 2 rings (SSSR count). The molecular formula is C10H7ClN4O2S. The number of benzene rings is 1. The SMILES string of the molecule is N#Cc1ccc(Cl)cc1NS(=O)(=O)c1cn[nH]c1. The average Bonchev–Trinajstić information content (AvgIpc) is 2.83. The number of hydrogen-bond donors (Lipinski definition) is 2. The minimum absolute atomic E-state index is 0.0219. The summed E-state index contributed by atoms with van der Waals surface area (Å²) in [6.07, 6.45) is 2.40. The molecule has 0 atom stereocenters. The summed E-state index contributed by atoms with van der Waals surface area (Å²) < 4.78 is 26.1. The molecule has 6 nitrogen and oxygen atoms in total. The van der Waals surface area contributed by atoms with Crippen molar-refractivity contribution in [3.05, 3.63) is 41.2 Å². The zero-order valence-electron chi connectivity index (χ0n) is 8.88. The average molecular weight is 283 g/mol. The zero-order valence-corrected chi connectivity index (χ0v) is 10.5. The Hall–Kier alpha value is -2.04. The van der Waals surface area contributed by atoms with Crippen LogP contribution in [-0.4, -0.2) is 18.6 Å². The standard InChI is InChI=1S/C10H7ClN4O2S/c11-8-2-1-7(4-12)10(3-8)15-18(16,17)9-5-13-14-6-9/h1-3,5-6,15H,(H,13,14). The molecule has 1 aromatic heterocycles. The fourth-order valence-electron chi connectivity index (χ4n) is 1.29. The molecule has 0 aliphatic rings. The Balaban J connectivity index is 2.41. The fourth-order valence-corrected chi connectivity index (χ4v) is 2.44. The number of nitrogens with one attached hydrogen (secondary N) is 2. The van der Waals surface area contributed by atoms with E-state index in [2.05, 4.69) is 14.9 Å². The van der Waals surface area contributed by atoms with Gasteiger partial charge in [-0.05, 0) is 18.2 Å². The molecule has 0 bridgehead atoms. The van der Waals surface area contributed by atoms with Gasteiger partial charge in [-0.2, -0.15) is 10.4 Å². The van der Waals surface area contributed by atoms with Crippen LogP contribution in [0.5, 0.6) is 0 Å². The van der Waals surface area contributed by atoms with Gasteiger partial charge in [-0.15, -0.1) is 0 Å². The van der Waals surface area contributed by atoms with Gasteiger partial charge in [0.1, 0.15) is 11.0 Å². The van der Waals surface area contributed by atoms with Crippen molar-refractivity contribution in [2.45, 2.75) is 4.90 Å². The summed E-state index contributed by atoms with van der Waals surface area (Å²) >= 11 is 5.76. The van der Waals surface area contributed by atoms with Crippen LogP contribution in [0.15, 0.2) is 35.5 Å². The number of anilines is 1. The summed E-state index contributed by atoms with van der Waals surface area (Å²) in [5.74, 6) is 0. The minimum atomic E-state index is -3.77. The molecule has 0 unspecified atom stereocenters. The van der Waals surface area contributed by atoms with E-state index in [9.17, 15) is 8.42 Å². The summed E-state index contributed by atoms with van der Waals surface area (Å²) in [5.41, 5.74) is 0.317. The second kappa shape index (κ2) is 4.68. The van der Waals surface area contributed by atoms with Crippen LogP contribution < -0.4 is 4.72 Å². The van der Waals surface area contributed by atoms with Crippen LogP contribution in [0.1, 0.15) is 5.56 Å². The maximum atomic E-state index is 11.9. The molecular weight excluding hydrogens is 276 g/mol. The Kier molecular flexibility index (Phi) is 3.23. The van der Waals surface area contributed by atoms with E-state index < -0.39 is 10.0 Å².